The monoisotopic (exact) mass is 284 g/mol. The molecular formula is C17H21BO3. The van der Waals surface area contributed by atoms with Gasteiger partial charge in [-0.2, -0.15) is 0 Å². The van der Waals surface area contributed by atoms with Crippen LogP contribution >= 0.6 is 0 Å². The summed E-state index contributed by atoms with van der Waals surface area (Å²) in [6.45, 7) is 8.22. The first kappa shape index (κ1) is 14.4. The zero-order chi connectivity index (χ0) is 15.3. The Bertz CT molecular complexity index is 663. The largest absolute Gasteiger partial charge is 0.498 e. The Hall–Kier alpha value is -1.52. The van der Waals surface area contributed by atoms with Crippen molar-refractivity contribution in [2.75, 3.05) is 7.11 Å². The van der Waals surface area contributed by atoms with E-state index >= 15 is 0 Å². The van der Waals surface area contributed by atoms with Crippen molar-refractivity contribution in [2.45, 2.75) is 38.9 Å². The molecule has 1 fully saturated rings. The van der Waals surface area contributed by atoms with Crippen LogP contribution in [0, 0.1) is 0 Å². The number of hydrogen-bond donors (Lipinski definition) is 0. The summed E-state index contributed by atoms with van der Waals surface area (Å²) >= 11 is 0. The highest BCUT2D eigenvalue weighted by molar-refractivity contribution is 6.63. The van der Waals surface area contributed by atoms with Crippen molar-refractivity contribution < 1.29 is 14.0 Å². The summed E-state index contributed by atoms with van der Waals surface area (Å²) in [7, 11) is 1.28. The van der Waals surface area contributed by atoms with Gasteiger partial charge in [0.25, 0.3) is 0 Å². The fourth-order valence-corrected chi connectivity index (χ4v) is 2.64. The van der Waals surface area contributed by atoms with Crippen molar-refractivity contribution in [1.29, 1.82) is 0 Å². The molecular weight excluding hydrogens is 263 g/mol. The molecule has 0 aromatic heterocycles. The highest BCUT2D eigenvalue weighted by Gasteiger charge is 2.52. The maximum Gasteiger partial charge on any atom is 0.498 e. The number of benzene rings is 2. The summed E-state index contributed by atoms with van der Waals surface area (Å²) in [5.41, 5.74) is 0.234. The van der Waals surface area contributed by atoms with Gasteiger partial charge in [0, 0.05) is 10.8 Å². The summed E-state index contributed by atoms with van der Waals surface area (Å²) in [4.78, 5) is 0. The van der Waals surface area contributed by atoms with Crippen LogP contribution in [0.4, 0.5) is 0 Å². The second-order valence-corrected chi connectivity index (χ2v) is 6.50. The maximum absolute atomic E-state index is 6.14. The number of ether oxygens (including phenoxy) is 1. The Morgan fingerprint density at radius 2 is 1.52 bits per heavy atom. The van der Waals surface area contributed by atoms with Crippen molar-refractivity contribution in [1.82, 2.24) is 0 Å². The molecule has 3 rings (SSSR count). The van der Waals surface area contributed by atoms with E-state index in [0.29, 0.717) is 0 Å². The molecule has 0 saturated carbocycles. The van der Waals surface area contributed by atoms with Gasteiger partial charge in [0.1, 0.15) is 5.75 Å². The van der Waals surface area contributed by atoms with Gasteiger partial charge in [-0.15, -0.1) is 0 Å². The molecule has 2 aromatic rings. The summed E-state index contributed by atoms with van der Waals surface area (Å²) in [5, 5.41) is 2.22. The Morgan fingerprint density at radius 3 is 2.14 bits per heavy atom. The van der Waals surface area contributed by atoms with E-state index in [-0.39, 0.29) is 11.2 Å². The van der Waals surface area contributed by atoms with Crippen molar-refractivity contribution in [3.63, 3.8) is 0 Å². The lowest BCUT2D eigenvalue weighted by Gasteiger charge is -2.32. The summed E-state index contributed by atoms with van der Waals surface area (Å²) in [6.07, 6.45) is 0. The molecule has 3 nitrogen and oxygen atoms in total. The van der Waals surface area contributed by atoms with E-state index < -0.39 is 7.12 Å². The van der Waals surface area contributed by atoms with E-state index in [0.717, 1.165) is 22.0 Å². The van der Waals surface area contributed by atoms with Crippen molar-refractivity contribution >= 4 is 23.4 Å². The van der Waals surface area contributed by atoms with Crippen LogP contribution in [0.15, 0.2) is 36.4 Å². The Labute approximate surface area is 126 Å². The Morgan fingerprint density at radius 1 is 0.905 bits per heavy atom. The van der Waals surface area contributed by atoms with E-state index in [1.165, 1.54) is 0 Å². The number of rotatable bonds is 2. The highest BCUT2D eigenvalue weighted by Crippen LogP contribution is 2.37. The number of methoxy groups -OCH3 is 1. The minimum Gasteiger partial charge on any atom is -0.496 e. The topological polar surface area (TPSA) is 27.7 Å². The van der Waals surface area contributed by atoms with Crippen LogP contribution in [0.1, 0.15) is 27.7 Å². The second-order valence-electron chi connectivity index (χ2n) is 6.50. The van der Waals surface area contributed by atoms with Crippen LogP contribution < -0.4 is 10.2 Å². The van der Waals surface area contributed by atoms with Crippen LogP contribution in [-0.2, 0) is 9.31 Å². The zero-order valence-corrected chi connectivity index (χ0v) is 13.3. The van der Waals surface area contributed by atoms with Gasteiger partial charge in [-0.05, 0) is 33.1 Å². The Balaban J connectivity index is 2.10. The third kappa shape index (κ3) is 2.23. The average Bonchev–Trinajstić information content (AvgIpc) is 2.66. The normalized spacial score (nSPS) is 20.0. The predicted molar refractivity (Wildman–Crippen MR) is 86.2 cm³/mol. The van der Waals surface area contributed by atoms with Crippen LogP contribution in [0.2, 0.25) is 0 Å². The molecule has 2 aromatic carbocycles. The smallest absolute Gasteiger partial charge is 0.496 e. The molecule has 0 bridgehead atoms. The zero-order valence-electron chi connectivity index (χ0n) is 13.3. The number of hydrogen-bond acceptors (Lipinski definition) is 3. The fraction of sp³-hybridized carbons (Fsp3) is 0.412. The maximum atomic E-state index is 6.14. The lowest BCUT2D eigenvalue weighted by atomic mass is 9.77. The average molecular weight is 284 g/mol. The molecule has 0 N–H and O–H groups in total. The standard InChI is InChI=1S/C17H21BO3/c1-16(2)17(3,4)21-18(20-16)14-11-10-12-8-6-7-9-13(12)15(14)19-5/h6-11H,1-5H3. The minimum atomic E-state index is -0.408. The lowest BCUT2D eigenvalue weighted by Crippen LogP contribution is -2.41. The molecule has 110 valence electrons. The quantitative estimate of drug-likeness (QED) is 0.793. The van der Waals surface area contributed by atoms with Crippen molar-refractivity contribution in [3.8, 4) is 5.75 Å². The molecule has 0 spiro atoms. The van der Waals surface area contributed by atoms with Crippen molar-refractivity contribution in [2.24, 2.45) is 0 Å². The van der Waals surface area contributed by atoms with E-state index in [2.05, 4.69) is 45.9 Å². The van der Waals surface area contributed by atoms with E-state index in [1.54, 1.807) is 7.11 Å². The van der Waals surface area contributed by atoms with E-state index in [4.69, 9.17) is 14.0 Å². The summed E-state index contributed by atoms with van der Waals surface area (Å²) < 4.78 is 17.9. The molecule has 1 saturated heterocycles. The molecule has 0 atom stereocenters. The van der Waals surface area contributed by atoms with Crippen LogP contribution in [0.25, 0.3) is 10.8 Å². The molecule has 0 radical (unpaired) electrons. The van der Waals surface area contributed by atoms with Gasteiger partial charge in [-0.25, -0.2) is 0 Å². The summed E-state index contributed by atoms with van der Waals surface area (Å²) in [6, 6.07) is 12.3. The van der Waals surface area contributed by atoms with Gasteiger partial charge < -0.3 is 14.0 Å². The predicted octanol–water partition coefficient (Wildman–Crippen LogP) is 3.15. The fourth-order valence-electron chi connectivity index (χ4n) is 2.64. The van der Waals surface area contributed by atoms with E-state index in [1.807, 2.05) is 18.2 Å². The van der Waals surface area contributed by atoms with Gasteiger partial charge in [-0.1, -0.05) is 36.4 Å². The summed E-state index contributed by atoms with van der Waals surface area (Å²) in [5.74, 6) is 0.826. The molecule has 1 aliphatic rings. The minimum absolute atomic E-state index is 0.353. The van der Waals surface area contributed by atoms with Crippen LogP contribution in [0.5, 0.6) is 5.75 Å². The highest BCUT2D eigenvalue weighted by atomic mass is 16.7. The molecule has 21 heavy (non-hydrogen) atoms. The van der Waals surface area contributed by atoms with Crippen LogP contribution in [0.3, 0.4) is 0 Å². The molecule has 0 unspecified atom stereocenters. The third-order valence-corrected chi connectivity index (χ3v) is 4.62. The molecule has 1 heterocycles. The van der Waals surface area contributed by atoms with Gasteiger partial charge in [0.05, 0.1) is 18.3 Å². The molecule has 0 amide bonds. The first-order chi connectivity index (χ1) is 9.86. The van der Waals surface area contributed by atoms with Gasteiger partial charge in [0.2, 0.25) is 0 Å². The first-order valence-corrected chi connectivity index (χ1v) is 7.27. The third-order valence-electron chi connectivity index (χ3n) is 4.62. The van der Waals surface area contributed by atoms with Crippen LogP contribution in [-0.4, -0.2) is 25.4 Å². The Kier molecular flexibility index (Phi) is 3.26. The lowest BCUT2D eigenvalue weighted by molar-refractivity contribution is 0.00578. The van der Waals surface area contributed by atoms with Gasteiger partial charge in [-0.3, -0.25) is 0 Å². The first-order valence-electron chi connectivity index (χ1n) is 7.27. The van der Waals surface area contributed by atoms with Gasteiger partial charge in [0.15, 0.2) is 0 Å². The molecule has 0 aliphatic carbocycles. The SMILES string of the molecule is COc1c(B2OC(C)(C)C(C)(C)O2)ccc2ccccc12. The second kappa shape index (κ2) is 4.75. The number of fused-ring (bicyclic) bond motifs is 1. The van der Waals surface area contributed by atoms with Crippen molar-refractivity contribution in [3.05, 3.63) is 36.4 Å². The molecule has 1 aliphatic heterocycles. The van der Waals surface area contributed by atoms with Gasteiger partial charge >= 0.3 is 7.12 Å². The van der Waals surface area contributed by atoms with E-state index in [9.17, 15) is 0 Å². The molecule has 4 heteroatoms.